The Morgan fingerprint density at radius 1 is 1.21 bits per heavy atom. The third-order valence-corrected chi connectivity index (χ3v) is 6.72. The molecule has 2 aromatic heterocycles. The topological polar surface area (TPSA) is 123 Å². The Morgan fingerprint density at radius 2 is 2.00 bits per heavy atom. The molecule has 1 unspecified atom stereocenters. The highest BCUT2D eigenvalue weighted by molar-refractivity contribution is 9.10. The first kappa shape index (κ1) is 21.3. The van der Waals surface area contributed by atoms with Crippen LogP contribution in [0.25, 0.3) is 11.1 Å². The number of rotatable bonds is 5. The number of aryl methyl sites for hydroxylation is 1. The van der Waals surface area contributed by atoms with Gasteiger partial charge in [-0.3, -0.25) is 14.9 Å². The fourth-order valence-electron chi connectivity index (χ4n) is 4.29. The van der Waals surface area contributed by atoms with Gasteiger partial charge in [-0.2, -0.15) is 0 Å². The molecule has 2 N–H and O–H groups in total. The van der Waals surface area contributed by atoms with Crippen molar-refractivity contribution in [2.75, 3.05) is 20.8 Å². The molecule has 2 aliphatic heterocycles. The van der Waals surface area contributed by atoms with Crippen molar-refractivity contribution in [2.45, 2.75) is 19.0 Å². The minimum atomic E-state index is -1.62. The first-order valence-corrected chi connectivity index (χ1v) is 10.8. The lowest BCUT2D eigenvalue weighted by atomic mass is 9.95. The normalized spacial score (nSPS) is 19.6. The summed E-state index contributed by atoms with van der Waals surface area (Å²) in [4.78, 5) is 44.5. The molecular formula is C22H19BrN4O6. The fraction of sp³-hybridized carbons (Fsp3) is 0.273. The predicted molar refractivity (Wildman–Crippen MR) is 119 cm³/mol. The molecule has 0 spiro atoms. The number of carbonyl (C=O) groups is 3. The van der Waals surface area contributed by atoms with Crippen molar-refractivity contribution in [3.8, 4) is 11.5 Å². The Kier molecular flexibility index (Phi) is 4.82. The van der Waals surface area contributed by atoms with Gasteiger partial charge < -0.3 is 24.1 Å². The Labute approximate surface area is 196 Å². The van der Waals surface area contributed by atoms with E-state index in [1.54, 1.807) is 24.3 Å². The summed E-state index contributed by atoms with van der Waals surface area (Å²) in [7, 11) is 2.95. The van der Waals surface area contributed by atoms with E-state index in [0.29, 0.717) is 28.2 Å². The van der Waals surface area contributed by atoms with E-state index in [0.717, 1.165) is 15.7 Å². The van der Waals surface area contributed by atoms with Gasteiger partial charge in [0.15, 0.2) is 22.6 Å². The van der Waals surface area contributed by atoms with E-state index in [9.17, 15) is 14.4 Å². The molecule has 0 radical (unpaired) electrons. The summed E-state index contributed by atoms with van der Waals surface area (Å²) in [5, 5.41) is 4.93. The highest BCUT2D eigenvalue weighted by atomic mass is 79.9. The maximum absolute atomic E-state index is 13.4. The first-order valence-electron chi connectivity index (χ1n) is 10.0. The van der Waals surface area contributed by atoms with Crippen molar-refractivity contribution in [3.63, 3.8) is 0 Å². The van der Waals surface area contributed by atoms with Gasteiger partial charge in [-0.15, -0.1) is 0 Å². The number of methoxy groups -OCH3 is 2. The summed E-state index contributed by atoms with van der Waals surface area (Å²) in [5.41, 5.74) is 1.19. The van der Waals surface area contributed by atoms with Crippen LogP contribution in [0.15, 0.2) is 33.2 Å². The second-order valence-corrected chi connectivity index (χ2v) is 8.71. The highest BCUT2D eigenvalue weighted by Crippen LogP contribution is 2.40. The molecule has 3 aromatic rings. The van der Waals surface area contributed by atoms with Crippen LogP contribution in [0.3, 0.4) is 0 Å². The van der Waals surface area contributed by atoms with Crippen LogP contribution in [-0.4, -0.2) is 48.5 Å². The number of pyridine rings is 1. The minimum Gasteiger partial charge on any atom is -0.493 e. The number of nitrogens with one attached hydrogen (secondary N) is 2. The summed E-state index contributed by atoms with van der Waals surface area (Å²) in [6.45, 7) is 1.91. The number of imide groups is 1. The summed E-state index contributed by atoms with van der Waals surface area (Å²) in [6.07, 6.45) is 0. The molecule has 33 heavy (non-hydrogen) atoms. The van der Waals surface area contributed by atoms with Gasteiger partial charge in [0.2, 0.25) is 0 Å². The molecule has 0 saturated carbocycles. The molecular weight excluding hydrogens is 496 g/mol. The molecule has 4 heterocycles. The van der Waals surface area contributed by atoms with Gasteiger partial charge in [0.25, 0.3) is 11.8 Å². The highest BCUT2D eigenvalue weighted by Gasteiger charge is 2.53. The molecule has 10 nitrogen and oxygen atoms in total. The Hall–Kier alpha value is -3.60. The Morgan fingerprint density at radius 3 is 2.67 bits per heavy atom. The van der Waals surface area contributed by atoms with Crippen LogP contribution >= 0.6 is 15.9 Å². The van der Waals surface area contributed by atoms with Crippen molar-refractivity contribution >= 4 is 44.9 Å². The first-order chi connectivity index (χ1) is 15.8. The number of ether oxygens (including phenoxy) is 2. The second-order valence-electron chi connectivity index (χ2n) is 7.86. The molecule has 5 rings (SSSR count). The summed E-state index contributed by atoms with van der Waals surface area (Å²) in [5.74, 6) is -0.0289. The molecule has 0 bridgehead atoms. The Balaban J connectivity index is 1.57. The van der Waals surface area contributed by atoms with Crippen molar-refractivity contribution in [1.29, 1.82) is 0 Å². The smallest absolute Gasteiger partial charge is 0.322 e. The van der Waals surface area contributed by atoms with E-state index in [-0.39, 0.29) is 24.8 Å². The molecule has 1 atom stereocenters. The van der Waals surface area contributed by atoms with Crippen LogP contribution in [0, 0.1) is 6.92 Å². The number of amides is 4. The molecule has 1 aromatic carbocycles. The van der Waals surface area contributed by atoms with Gasteiger partial charge >= 0.3 is 6.03 Å². The largest absolute Gasteiger partial charge is 0.493 e. The SMILES string of the molecule is COc1ccc2c(c1OC)C(=O)N(CC1(c3cc4nc(C)c(Br)cc4o3)NC(=O)NC1=O)C2. The van der Waals surface area contributed by atoms with Crippen molar-refractivity contribution < 1.29 is 28.3 Å². The second kappa shape index (κ2) is 7.48. The van der Waals surface area contributed by atoms with Gasteiger partial charge in [0.05, 0.1) is 32.0 Å². The van der Waals surface area contributed by atoms with Gasteiger partial charge in [-0.05, 0) is 40.5 Å². The fourth-order valence-corrected chi connectivity index (χ4v) is 4.58. The van der Waals surface area contributed by atoms with E-state index in [2.05, 4.69) is 31.5 Å². The van der Waals surface area contributed by atoms with E-state index in [1.807, 2.05) is 6.92 Å². The summed E-state index contributed by atoms with van der Waals surface area (Å²) >= 11 is 3.42. The number of aromatic nitrogens is 1. The zero-order chi connectivity index (χ0) is 23.5. The van der Waals surface area contributed by atoms with Crippen LogP contribution in [0.1, 0.15) is 27.4 Å². The lowest BCUT2D eigenvalue weighted by molar-refractivity contribution is -0.125. The average molecular weight is 515 g/mol. The molecule has 4 amide bonds. The lowest BCUT2D eigenvalue weighted by Gasteiger charge is -2.29. The number of halogens is 1. The number of urea groups is 1. The van der Waals surface area contributed by atoms with Gasteiger partial charge in [-0.1, -0.05) is 6.07 Å². The quantitative estimate of drug-likeness (QED) is 0.501. The number of hydrogen-bond acceptors (Lipinski definition) is 7. The van der Waals surface area contributed by atoms with E-state index in [1.165, 1.54) is 19.1 Å². The summed E-state index contributed by atoms with van der Waals surface area (Å²) in [6, 6.07) is 6.18. The van der Waals surface area contributed by atoms with Crippen LogP contribution in [0.5, 0.6) is 11.5 Å². The molecule has 1 fully saturated rings. The van der Waals surface area contributed by atoms with Crippen LogP contribution in [0.4, 0.5) is 4.79 Å². The third-order valence-electron chi connectivity index (χ3n) is 5.92. The number of fused-ring (bicyclic) bond motifs is 2. The Bertz CT molecular complexity index is 1310. The zero-order valence-corrected chi connectivity index (χ0v) is 19.5. The van der Waals surface area contributed by atoms with Crippen molar-refractivity contribution in [1.82, 2.24) is 20.5 Å². The van der Waals surface area contributed by atoms with Crippen LogP contribution in [-0.2, 0) is 16.9 Å². The molecule has 2 aliphatic rings. The predicted octanol–water partition coefficient (Wildman–Crippen LogP) is 2.61. The summed E-state index contributed by atoms with van der Waals surface area (Å²) < 4.78 is 17.4. The molecule has 1 saturated heterocycles. The minimum absolute atomic E-state index is 0.149. The molecule has 170 valence electrons. The number of hydrogen-bond donors (Lipinski definition) is 2. The van der Waals surface area contributed by atoms with Gasteiger partial charge in [0.1, 0.15) is 11.3 Å². The number of benzene rings is 1. The number of carbonyl (C=O) groups excluding carboxylic acids is 3. The standard InChI is InChI=1S/C22H19BrN4O6/c1-10-12(23)6-15-13(24-10)7-16(33-15)22(20(29)25-21(30)26-22)9-27-8-11-4-5-14(31-2)18(32-3)17(11)19(27)28/h4-7H,8-9H2,1-3H3,(H2,25,26,29,30). The van der Waals surface area contributed by atoms with Crippen molar-refractivity contribution in [2.24, 2.45) is 0 Å². The van der Waals surface area contributed by atoms with Gasteiger partial charge in [0, 0.05) is 17.1 Å². The van der Waals surface area contributed by atoms with Crippen molar-refractivity contribution in [3.05, 3.63) is 51.3 Å². The maximum atomic E-state index is 13.4. The number of furan rings is 1. The number of nitrogens with zero attached hydrogens (tertiary/aromatic N) is 2. The van der Waals surface area contributed by atoms with Crippen LogP contribution in [0.2, 0.25) is 0 Å². The van der Waals surface area contributed by atoms with Crippen LogP contribution < -0.4 is 20.1 Å². The van der Waals surface area contributed by atoms with Gasteiger partial charge in [-0.25, -0.2) is 9.78 Å². The lowest BCUT2D eigenvalue weighted by Crippen LogP contribution is -2.52. The molecule has 0 aliphatic carbocycles. The average Bonchev–Trinajstić information content (AvgIpc) is 3.42. The van der Waals surface area contributed by atoms with E-state index >= 15 is 0 Å². The molecule has 11 heteroatoms. The monoisotopic (exact) mass is 514 g/mol. The zero-order valence-electron chi connectivity index (χ0n) is 17.9. The van der Waals surface area contributed by atoms with E-state index in [4.69, 9.17) is 13.9 Å². The van der Waals surface area contributed by atoms with E-state index < -0.39 is 17.5 Å². The third kappa shape index (κ3) is 3.14. The maximum Gasteiger partial charge on any atom is 0.322 e.